The molecule has 0 saturated heterocycles. The maximum atomic E-state index is 12.3. The molecule has 106 valence electrons. The van der Waals surface area contributed by atoms with Crippen LogP contribution in [0, 0.1) is 0 Å². The molecule has 0 aliphatic heterocycles. The van der Waals surface area contributed by atoms with Crippen LogP contribution in [0.1, 0.15) is 24.8 Å². The van der Waals surface area contributed by atoms with Crippen molar-refractivity contribution in [2.24, 2.45) is 0 Å². The van der Waals surface area contributed by atoms with Gasteiger partial charge in [-0.1, -0.05) is 34.5 Å². The molecule has 3 nitrogen and oxygen atoms in total. The summed E-state index contributed by atoms with van der Waals surface area (Å²) in [5.74, 6) is 0. The van der Waals surface area contributed by atoms with E-state index in [9.17, 15) is 8.42 Å². The second-order valence-corrected chi connectivity index (χ2v) is 8.06. The van der Waals surface area contributed by atoms with Gasteiger partial charge in [-0.2, -0.15) is 11.8 Å². The number of halogens is 1. The Labute approximate surface area is 127 Å². The lowest BCUT2D eigenvalue weighted by molar-refractivity contribution is 0.555. The SMILES string of the molecule is CSC1CCCC1NS(=O)(=O)c1ccc(CBr)cc1. The molecule has 1 aromatic rings. The van der Waals surface area contributed by atoms with Crippen LogP contribution in [0.5, 0.6) is 0 Å². The first-order chi connectivity index (χ1) is 9.06. The molecule has 0 radical (unpaired) electrons. The smallest absolute Gasteiger partial charge is 0.207 e. The van der Waals surface area contributed by atoms with E-state index in [0.29, 0.717) is 10.1 Å². The highest BCUT2D eigenvalue weighted by molar-refractivity contribution is 9.08. The van der Waals surface area contributed by atoms with Gasteiger partial charge in [0.1, 0.15) is 0 Å². The van der Waals surface area contributed by atoms with Gasteiger partial charge in [-0.25, -0.2) is 13.1 Å². The molecule has 0 spiro atoms. The highest BCUT2D eigenvalue weighted by Crippen LogP contribution is 2.29. The molecular formula is C13H18BrNO2S2. The lowest BCUT2D eigenvalue weighted by Crippen LogP contribution is -2.38. The van der Waals surface area contributed by atoms with Crippen molar-refractivity contribution in [3.8, 4) is 0 Å². The number of thioether (sulfide) groups is 1. The zero-order valence-electron chi connectivity index (χ0n) is 10.8. The van der Waals surface area contributed by atoms with Crippen molar-refractivity contribution in [3.05, 3.63) is 29.8 Å². The quantitative estimate of drug-likeness (QED) is 0.817. The van der Waals surface area contributed by atoms with E-state index in [0.717, 1.165) is 30.2 Å². The molecule has 0 heterocycles. The van der Waals surface area contributed by atoms with Crippen molar-refractivity contribution in [2.45, 2.75) is 40.8 Å². The molecule has 0 amide bonds. The molecule has 2 rings (SSSR count). The zero-order valence-corrected chi connectivity index (χ0v) is 14.0. The molecule has 1 aromatic carbocycles. The van der Waals surface area contributed by atoms with Crippen LogP contribution in [0.2, 0.25) is 0 Å². The summed E-state index contributed by atoms with van der Waals surface area (Å²) in [6, 6.07) is 7.08. The van der Waals surface area contributed by atoms with Gasteiger partial charge in [0.15, 0.2) is 0 Å². The molecule has 2 atom stereocenters. The van der Waals surface area contributed by atoms with Crippen LogP contribution in [0.25, 0.3) is 0 Å². The van der Waals surface area contributed by atoms with Gasteiger partial charge >= 0.3 is 0 Å². The van der Waals surface area contributed by atoms with E-state index >= 15 is 0 Å². The third-order valence-corrected chi connectivity index (χ3v) is 6.77. The van der Waals surface area contributed by atoms with Gasteiger partial charge in [0, 0.05) is 16.6 Å². The van der Waals surface area contributed by atoms with Gasteiger partial charge in [-0.05, 0) is 36.8 Å². The Balaban J connectivity index is 2.13. The molecule has 1 fully saturated rings. The first kappa shape index (κ1) is 15.4. The fraction of sp³-hybridized carbons (Fsp3) is 0.538. The molecular weight excluding hydrogens is 346 g/mol. The third-order valence-electron chi connectivity index (χ3n) is 3.45. The lowest BCUT2D eigenvalue weighted by Gasteiger charge is -2.19. The predicted octanol–water partition coefficient (Wildman–Crippen LogP) is 3.14. The average molecular weight is 364 g/mol. The number of benzene rings is 1. The number of sulfonamides is 1. The van der Waals surface area contributed by atoms with Crippen molar-refractivity contribution < 1.29 is 8.42 Å². The van der Waals surface area contributed by atoms with Crippen LogP contribution in [0.15, 0.2) is 29.2 Å². The van der Waals surface area contributed by atoms with Crippen molar-refractivity contribution >= 4 is 37.7 Å². The van der Waals surface area contributed by atoms with Gasteiger partial charge in [0.25, 0.3) is 0 Å². The molecule has 2 unspecified atom stereocenters. The summed E-state index contributed by atoms with van der Waals surface area (Å²) in [4.78, 5) is 0.351. The fourth-order valence-electron chi connectivity index (χ4n) is 2.37. The Morgan fingerprint density at radius 1 is 1.32 bits per heavy atom. The Hall–Kier alpha value is -0.0400. The highest BCUT2D eigenvalue weighted by atomic mass is 79.9. The topological polar surface area (TPSA) is 46.2 Å². The summed E-state index contributed by atoms with van der Waals surface area (Å²) < 4.78 is 27.5. The van der Waals surface area contributed by atoms with Crippen LogP contribution in [-0.4, -0.2) is 26.0 Å². The van der Waals surface area contributed by atoms with E-state index in [-0.39, 0.29) is 6.04 Å². The summed E-state index contributed by atoms with van der Waals surface area (Å²) in [7, 11) is -3.39. The first-order valence-corrected chi connectivity index (χ1v) is 10.2. The molecule has 19 heavy (non-hydrogen) atoms. The molecule has 0 aromatic heterocycles. The van der Waals surface area contributed by atoms with E-state index < -0.39 is 10.0 Å². The van der Waals surface area contributed by atoms with Crippen LogP contribution < -0.4 is 4.72 Å². The van der Waals surface area contributed by atoms with E-state index in [4.69, 9.17) is 0 Å². The second kappa shape index (κ2) is 6.61. The number of hydrogen-bond donors (Lipinski definition) is 1. The summed E-state index contributed by atoms with van der Waals surface area (Å²) in [5, 5.41) is 1.13. The summed E-state index contributed by atoms with van der Waals surface area (Å²) in [5.41, 5.74) is 1.07. The molecule has 1 aliphatic carbocycles. The monoisotopic (exact) mass is 363 g/mol. The zero-order chi connectivity index (χ0) is 13.9. The second-order valence-electron chi connectivity index (χ2n) is 4.71. The van der Waals surface area contributed by atoms with E-state index in [1.165, 1.54) is 0 Å². The Kier molecular flexibility index (Phi) is 5.34. The number of nitrogens with one attached hydrogen (secondary N) is 1. The number of rotatable bonds is 5. The normalized spacial score (nSPS) is 23.7. The molecule has 1 aliphatic rings. The summed E-state index contributed by atoms with van der Waals surface area (Å²) >= 11 is 5.10. The van der Waals surface area contributed by atoms with Crippen LogP contribution >= 0.6 is 27.7 Å². The Morgan fingerprint density at radius 3 is 2.58 bits per heavy atom. The minimum atomic E-state index is -3.39. The van der Waals surface area contributed by atoms with E-state index in [1.807, 2.05) is 18.4 Å². The molecule has 0 bridgehead atoms. The summed E-state index contributed by atoms with van der Waals surface area (Å²) in [6.07, 6.45) is 5.17. The minimum Gasteiger partial charge on any atom is -0.207 e. The lowest BCUT2D eigenvalue weighted by atomic mass is 10.2. The fourth-order valence-corrected chi connectivity index (χ4v) is 5.07. The van der Waals surface area contributed by atoms with Crippen molar-refractivity contribution in [3.63, 3.8) is 0 Å². The maximum Gasteiger partial charge on any atom is 0.240 e. The predicted molar refractivity (Wildman–Crippen MR) is 84.3 cm³/mol. The van der Waals surface area contributed by atoms with Crippen LogP contribution in [0.4, 0.5) is 0 Å². The van der Waals surface area contributed by atoms with Crippen molar-refractivity contribution in [1.82, 2.24) is 4.72 Å². The molecule has 1 saturated carbocycles. The minimum absolute atomic E-state index is 0.0656. The van der Waals surface area contributed by atoms with Crippen molar-refractivity contribution in [1.29, 1.82) is 0 Å². The summed E-state index contributed by atoms with van der Waals surface area (Å²) in [6.45, 7) is 0. The largest absolute Gasteiger partial charge is 0.240 e. The number of hydrogen-bond acceptors (Lipinski definition) is 3. The molecule has 6 heteroatoms. The maximum absolute atomic E-state index is 12.3. The Bertz CT molecular complexity index is 516. The highest BCUT2D eigenvalue weighted by Gasteiger charge is 2.30. The van der Waals surface area contributed by atoms with Gasteiger partial charge < -0.3 is 0 Å². The van der Waals surface area contributed by atoms with Gasteiger partial charge in [0.05, 0.1) is 4.90 Å². The van der Waals surface area contributed by atoms with E-state index in [1.54, 1.807) is 23.9 Å². The first-order valence-electron chi connectivity index (χ1n) is 6.27. The van der Waals surface area contributed by atoms with Gasteiger partial charge in [0.2, 0.25) is 10.0 Å². The third kappa shape index (κ3) is 3.74. The van der Waals surface area contributed by atoms with Gasteiger partial charge in [-0.15, -0.1) is 0 Å². The van der Waals surface area contributed by atoms with Gasteiger partial charge in [-0.3, -0.25) is 0 Å². The standard InChI is InChI=1S/C13H18BrNO2S2/c1-18-13-4-2-3-12(13)15-19(16,17)11-7-5-10(9-14)6-8-11/h5-8,12-13,15H,2-4,9H2,1H3. The number of alkyl halides is 1. The molecule has 1 N–H and O–H groups in total. The van der Waals surface area contributed by atoms with Crippen LogP contribution in [0.3, 0.4) is 0 Å². The Morgan fingerprint density at radius 2 is 2.00 bits per heavy atom. The van der Waals surface area contributed by atoms with E-state index in [2.05, 4.69) is 20.7 Å². The van der Waals surface area contributed by atoms with Crippen LogP contribution in [-0.2, 0) is 15.4 Å². The average Bonchev–Trinajstić information content (AvgIpc) is 2.85. The van der Waals surface area contributed by atoms with Crippen molar-refractivity contribution in [2.75, 3.05) is 6.26 Å².